The molecule has 1 aliphatic rings. The number of hydrogen-bond donors (Lipinski definition) is 2. The molecule has 0 radical (unpaired) electrons. The molecule has 1 N–H and O–H groups in total. The number of fused-ring (bicyclic) bond motifs is 3. The number of rotatable bonds is 21. The molecule has 0 aromatic heterocycles. The lowest BCUT2D eigenvalue weighted by Gasteiger charge is -2.35. The van der Waals surface area contributed by atoms with E-state index in [2.05, 4.69) is 134 Å². The van der Waals surface area contributed by atoms with Crippen molar-refractivity contribution in [2.75, 3.05) is 32.7 Å². The van der Waals surface area contributed by atoms with Gasteiger partial charge in [-0.2, -0.15) is 0 Å². The van der Waals surface area contributed by atoms with Crippen LogP contribution in [0.3, 0.4) is 0 Å². The van der Waals surface area contributed by atoms with Crippen molar-refractivity contribution in [2.24, 2.45) is 0 Å². The summed E-state index contributed by atoms with van der Waals surface area (Å²) in [4.78, 5) is -0.906. The lowest BCUT2D eigenvalue weighted by molar-refractivity contribution is -0.0470. The molecule has 5 rings (SSSR count). The number of aliphatic hydroxyl groups excluding tert-OH is 1. The van der Waals surface area contributed by atoms with Gasteiger partial charge in [0, 0.05) is 52.4 Å². The summed E-state index contributed by atoms with van der Waals surface area (Å²) in [5.74, 6) is 2.66. The van der Waals surface area contributed by atoms with Gasteiger partial charge in [-0.05, 0) is 191 Å². The first-order valence-electron chi connectivity index (χ1n) is 24.4. The van der Waals surface area contributed by atoms with Crippen molar-refractivity contribution in [1.29, 1.82) is 0 Å². The molecule has 0 amide bonds. The van der Waals surface area contributed by atoms with Crippen LogP contribution in [0, 0.1) is 0 Å². The minimum Gasteiger partial charge on any atom is -0.488 e. The maximum atomic E-state index is 9.88. The molecule has 0 aliphatic heterocycles. The standard InChI is InChI=1S/C47H60Br2O7S2.C7H16O.C3H8/c1-30(2)51-28-45(8,9)54-36-19-31(18-35(24-36)53-44(6,7)16-17-50)26-47(41-22-33(48)12-14-39(41)40-15-13-34(49)23-42(40)47)27-32-20-37(25-38(21-32)56-58-11)55-46(10,57)29-52-43(3,4)5;1-5-6-8-7(2,3)4;1-3-2/h12-15,18-25,30,50,57H,16-17,26-29H2,1-11H3;5-6H2,1-4H3;3H2,1-2H3. The molecular weight excluding hydrogens is 1040 g/mol. The van der Waals surface area contributed by atoms with Gasteiger partial charge in [0.05, 0.1) is 42.6 Å². The summed E-state index contributed by atoms with van der Waals surface area (Å²) in [6, 6.07) is 25.4. The van der Waals surface area contributed by atoms with Crippen LogP contribution < -0.4 is 18.4 Å². The van der Waals surface area contributed by atoms with Crippen molar-refractivity contribution in [3.63, 3.8) is 0 Å². The Balaban J connectivity index is 0.00000103. The zero-order valence-electron chi connectivity index (χ0n) is 44.8. The average Bonchev–Trinajstić information content (AvgIpc) is 3.44. The molecule has 386 valence electrons. The van der Waals surface area contributed by atoms with E-state index >= 15 is 0 Å². The molecule has 0 spiro atoms. The highest BCUT2D eigenvalue weighted by Gasteiger charge is 2.44. The van der Waals surface area contributed by atoms with Crippen molar-refractivity contribution in [1.82, 2.24) is 0 Å². The fourth-order valence-corrected chi connectivity index (χ4v) is 8.94. The van der Waals surface area contributed by atoms with E-state index in [1.54, 1.807) is 0 Å². The fourth-order valence-electron chi connectivity index (χ4n) is 7.76. The minimum absolute atomic E-state index is 0.0110. The average molecular weight is 1120 g/mol. The Morgan fingerprint density at radius 3 is 1.49 bits per heavy atom. The van der Waals surface area contributed by atoms with Gasteiger partial charge in [0.25, 0.3) is 0 Å². The number of benzene rings is 4. The Bertz CT molecular complexity index is 2160. The second-order valence-corrected chi connectivity index (χ2v) is 24.9. The Kier molecular flexibility index (Phi) is 23.4. The van der Waals surface area contributed by atoms with E-state index in [9.17, 15) is 5.11 Å². The maximum Gasteiger partial charge on any atom is 0.172 e. The molecule has 69 heavy (non-hydrogen) atoms. The van der Waals surface area contributed by atoms with E-state index in [1.165, 1.54) is 40.7 Å². The molecule has 0 saturated heterocycles. The maximum absolute atomic E-state index is 9.88. The molecule has 8 nitrogen and oxygen atoms in total. The highest BCUT2D eigenvalue weighted by Crippen LogP contribution is 2.54. The summed E-state index contributed by atoms with van der Waals surface area (Å²) in [5, 5.41) is 9.88. The Morgan fingerprint density at radius 1 is 0.623 bits per heavy atom. The molecule has 1 atom stereocenters. The molecular formula is C57H84Br2O8S2. The number of thiol groups is 1. The molecule has 4 aromatic rings. The third-order valence-electron chi connectivity index (χ3n) is 10.5. The third-order valence-corrected chi connectivity index (χ3v) is 12.0. The van der Waals surface area contributed by atoms with Crippen LogP contribution in [-0.2, 0) is 32.5 Å². The summed E-state index contributed by atoms with van der Waals surface area (Å²) in [6.07, 6.45) is 6.01. The zero-order chi connectivity index (χ0) is 52.0. The summed E-state index contributed by atoms with van der Waals surface area (Å²) >= 11 is 13.8. The van der Waals surface area contributed by atoms with Gasteiger partial charge in [-0.25, -0.2) is 0 Å². The van der Waals surface area contributed by atoms with Gasteiger partial charge in [0.1, 0.15) is 34.2 Å². The van der Waals surface area contributed by atoms with Crippen LogP contribution in [0.4, 0.5) is 0 Å². The summed E-state index contributed by atoms with van der Waals surface area (Å²) < 4.78 is 45.5. The van der Waals surface area contributed by atoms with E-state index < -0.39 is 21.6 Å². The highest BCUT2D eigenvalue weighted by atomic mass is 79.9. The SMILES string of the molecule is CCC.CCCOC(C)(C)C.CSOc1cc(CC2(Cc3cc(OC(C)(C)CCO)cc(OC(C)(C)COC(C)C)c3)c3cc(Br)ccc3-c3ccc(Br)cc32)cc(OC(C)(S)COC(C)(C)C)c1. The lowest BCUT2D eigenvalue weighted by Crippen LogP contribution is -2.36. The molecule has 1 aliphatic carbocycles. The lowest BCUT2D eigenvalue weighted by atomic mass is 9.69. The van der Waals surface area contributed by atoms with Crippen LogP contribution in [0.5, 0.6) is 23.0 Å². The monoisotopic (exact) mass is 1120 g/mol. The molecule has 0 saturated carbocycles. The quantitative estimate of drug-likeness (QED) is 0.0481. The third kappa shape index (κ3) is 20.5. The predicted molar refractivity (Wildman–Crippen MR) is 300 cm³/mol. The highest BCUT2D eigenvalue weighted by molar-refractivity contribution is 9.10. The normalized spacial score (nSPS) is 14.1. The second kappa shape index (κ2) is 26.5. The summed E-state index contributed by atoms with van der Waals surface area (Å²) in [5.41, 5.74) is 4.72. The van der Waals surface area contributed by atoms with Crippen LogP contribution in [-0.4, -0.2) is 71.2 Å². The molecule has 1 unspecified atom stereocenters. The fraction of sp³-hybridized carbons (Fsp3) is 0.579. The number of aliphatic hydroxyl groups is 1. The Hall–Kier alpha value is -2.42. The van der Waals surface area contributed by atoms with Crippen LogP contribution in [0.2, 0.25) is 0 Å². The summed E-state index contributed by atoms with van der Waals surface area (Å²) in [7, 11) is 0. The molecule has 12 heteroatoms. The van der Waals surface area contributed by atoms with Crippen molar-refractivity contribution < 1.29 is 37.7 Å². The van der Waals surface area contributed by atoms with Crippen molar-refractivity contribution in [3.8, 4) is 34.1 Å². The van der Waals surface area contributed by atoms with Gasteiger partial charge >= 0.3 is 0 Å². The minimum atomic E-state index is -0.906. The first-order valence-corrected chi connectivity index (χ1v) is 27.6. The second-order valence-electron chi connectivity index (χ2n) is 21.6. The van der Waals surface area contributed by atoms with E-state index in [-0.39, 0.29) is 30.5 Å². The number of halogens is 2. The van der Waals surface area contributed by atoms with Crippen LogP contribution in [0.25, 0.3) is 11.1 Å². The topological polar surface area (TPSA) is 84.8 Å². The smallest absolute Gasteiger partial charge is 0.172 e. The van der Waals surface area contributed by atoms with Gasteiger partial charge in [-0.1, -0.05) is 71.2 Å². The van der Waals surface area contributed by atoms with E-state index in [4.69, 9.17) is 45.2 Å². The zero-order valence-corrected chi connectivity index (χ0v) is 49.7. The molecule has 0 fully saturated rings. The predicted octanol–water partition coefficient (Wildman–Crippen LogP) is 16.2. The van der Waals surface area contributed by atoms with E-state index in [0.717, 1.165) is 33.1 Å². The van der Waals surface area contributed by atoms with Gasteiger partial charge in [-0.15, -0.1) is 12.6 Å². The van der Waals surface area contributed by atoms with Gasteiger partial charge < -0.3 is 37.7 Å². The van der Waals surface area contributed by atoms with Crippen molar-refractivity contribution in [3.05, 3.63) is 104 Å². The molecule has 0 heterocycles. The van der Waals surface area contributed by atoms with Crippen molar-refractivity contribution >= 4 is 56.5 Å². The molecule has 0 bridgehead atoms. The Labute approximate surface area is 443 Å². The van der Waals surface area contributed by atoms with Gasteiger partial charge in [0.15, 0.2) is 4.93 Å². The van der Waals surface area contributed by atoms with Crippen LogP contribution in [0.1, 0.15) is 152 Å². The number of hydrogen-bond acceptors (Lipinski definition) is 10. The van der Waals surface area contributed by atoms with Gasteiger partial charge in [-0.3, -0.25) is 0 Å². The van der Waals surface area contributed by atoms with Crippen LogP contribution in [0.15, 0.2) is 81.7 Å². The van der Waals surface area contributed by atoms with E-state index in [0.29, 0.717) is 48.9 Å². The van der Waals surface area contributed by atoms with Crippen molar-refractivity contribution in [2.45, 2.75) is 182 Å². The molecule has 4 aromatic carbocycles. The first kappa shape index (κ1) is 60.9. The summed E-state index contributed by atoms with van der Waals surface area (Å²) in [6.45, 7) is 34.2. The van der Waals surface area contributed by atoms with Gasteiger partial charge in [0.2, 0.25) is 0 Å². The number of ether oxygens (including phenoxy) is 6. The first-order chi connectivity index (χ1) is 32.0. The Morgan fingerprint density at radius 2 is 1.07 bits per heavy atom. The van der Waals surface area contributed by atoms with Crippen LogP contribution >= 0.6 is 56.5 Å². The van der Waals surface area contributed by atoms with E-state index in [1.807, 2.05) is 87.6 Å². The largest absolute Gasteiger partial charge is 0.488 e.